The first kappa shape index (κ1) is 19.1. The van der Waals surface area contributed by atoms with Gasteiger partial charge in [0.05, 0.1) is 11.6 Å². The topological polar surface area (TPSA) is 79.9 Å². The Balaban J connectivity index is 1.26. The van der Waals surface area contributed by atoms with E-state index in [4.69, 9.17) is 9.47 Å². The van der Waals surface area contributed by atoms with Crippen LogP contribution in [0.15, 0.2) is 24.3 Å². The fourth-order valence-corrected chi connectivity index (χ4v) is 3.97. The van der Waals surface area contributed by atoms with Gasteiger partial charge in [-0.15, -0.1) is 0 Å². The molecular formula is C21H29N3O4. The number of urea groups is 1. The molecule has 1 atom stereocenters. The van der Waals surface area contributed by atoms with Crippen LogP contribution in [0.5, 0.6) is 5.75 Å². The van der Waals surface area contributed by atoms with Gasteiger partial charge in [-0.05, 0) is 56.7 Å². The second-order valence-electron chi connectivity index (χ2n) is 8.11. The van der Waals surface area contributed by atoms with Crippen LogP contribution in [0.2, 0.25) is 0 Å². The number of rotatable bonds is 6. The van der Waals surface area contributed by atoms with Gasteiger partial charge in [-0.25, -0.2) is 4.79 Å². The van der Waals surface area contributed by atoms with Gasteiger partial charge >= 0.3 is 6.03 Å². The van der Waals surface area contributed by atoms with Gasteiger partial charge in [-0.2, -0.15) is 0 Å². The predicted molar refractivity (Wildman–Crippen MR) is 104 cm³/mol. The van der Waals surface area contributed by atoms with E-state index in [0.717, 1.165) is 57.4 Å². The summed E-state index contributed by atoms with van der Waals surface area (Å²) in [6, 6.07) is 7.78. The summed E-state index contributed by atoms with van der Waals surface area (Å²) in [6.45, 7) is 4.30. The molecule has 0 aromatic heterocycles. The number of hydrogen-bond donors (Lipinski definition) is 2. The van der Waals surface area contributed by atoms with E-state index >= 15 is 0 Å². The Labute approximate surface area is 165 Å². The lowest BCUT2D eigenvalue weighted by atomic mass is 9.78. The Morgan fingerprint density at radius 3 is 2.54 bits per heavy atom. The standard InChI is InChI=1S/C21H29N3O4/c1-15(22-20(26)24-11-8-21(24)9-12-27-13-10-21)16-2-6-18(7-3-16)28-14-19(25)23-17-4-5-17/h2-3,6-7,15,17H,4-5,8-14H2,1H3,(H,22,26)(H,23,25). The van der Waals surface area contributed by atoms with E-state index in [2.05, 4.69) is 10.6 Å². The molecule has 1 spiro atoms. The number of nitrogens with one attached hydrogen (secondary N) is 2. The maximum Gasteiger partial charge on any atom is 0.318 e. The number of carbonyl (C=O) groups is 2. The van der Waals surface area contributed by atoms with E-state index in [0.29, 0.717) is 11.8 Å². The zero-order valence-corrected chi connectivity index (χ0v) is 16.4. The van der Waals surface area contributed by atoms with Crippen molar-refractivity contribution in [2.75, 3.05) is 26.4 Å². The molecule has 7 heteroatoms. The smallest absolute Gasteiger partial charge is 0.318 e. The second-order valence-corrected chi connectivity index (χ2v) is 8.11. The van der Waals surface area contributed by atoms with Crippen molar-refractivity contribution < 1.29 is 19.1 Å². The molecule has 1 unspecified atom stereocenters. The normalized spacial score (nSPS) is 21.5. The molecule has 3 aliphatic rings. The molecule has 28 heavy (non-hydrogen) atoms. The summed E-state index contributed by atoms with van der Waals surface area (Å²) in [5, 5.41) is 6.01. The summed E-state index contributed by atoms with van der Waals surface area (Å²) in [5.74, 6) is 0.570. The lowest BCUT2D eigenvalue weighted by Crippen LogP contribution is -2.66. The largest absolute Gasteiger partial charge is 0.484 e. The summed E-state index contributed by atoms with van der Waals surface area (Å²) in [6.07, 6.45) is 5.05. The summed E-state index contributed by atoms with van der Waals surface area (Å²) in [7, 11) is 0. The fourth-order valence-electron chi connectivity index (χ4n) is 3.97. The Kier molecular flexibility index (Phi) is 5.44. The van der Waals surface area contributed by atoms with Crippen LogP contribution in [-0.2, 0) is 9.53 Å². The van der Waals surface area contributed by atoms with Gasteiger partial charge in [0.25, 0.3) is 5.91 Å². The molecule has 0 radical (unpaired) electrons. The molecule has 1 aromatic carbocycles. The quantitative estimate of drug-likeness (QED) is 0.785. The van der Waals surface area contributed by atoms with Crippen molar-refractivity contribution in [3.8, 4) is 5.75 Å². The van der Waals surface area contributed by atoms with Crippen LogP contribution < -0.4 is 15.4 Å². The van der Waals surface area contributed by atoms with E-state index in [1.54, 1.807) is 0 Å². The molecule has 2 N–H and O–H groups in total. The highest BCUT2D eigenvalue weighted by Crippen LogP contribution is 2.39. The van der Waals surface area contributed by atoms with Crippen LogP contribution in [-0.4, -0.2) is 54.8 Å². The number of amides is 3. The minimum atomic E-state index is -0.0998. The first-order chi connectivity index (χ1) is 13.6. The highest BCUT2D eigenvalue weighted by Gasteiger charge is 2.48. The molecule has 2 heterocycles. The third-order valence-electron chi connectivity index (χ3n) is 6.07. The number of likely N-dealkylation sites (tertiary alicyclic amines) is 1. The van der Waals surface area contributed by atoms with E-state index < -0.39 is 0 Å². The Hall–Kier alpha value is -2.28. The number of benzene rings is 1. The second kappa shape index (κ2) is 7.99. The summed E-state index contributed by atoms with van der Waals surface area (Å²) >= 11 is 0. The molecule has 3 fully saturated rings. The van der Waals surface area contributed by atoms with Crippen LogP contribution in [0, 0.1) is 0 Å². The number of carbonyl (C=O) groups excluding carboxylic acids is 2. The van der Waals surface area contributed by atoms with Gasteiger partial charge in [0.15, 0.2) is 6.61 Å². The molecule has 2 saturated heterocycles. The molecule has 1 saturated carbocycles. The monoisotopic (exact) mass is 387 g/mol. The van der Waals surface area contributed by atoms with Crippen molar-refractivity contribution >= 4 is 11.9 Å². The van der Waals surface area contributed by atoms with E-state index in [9.17, 15) is 9.59 Å². The van der Waals surface area contributed by atoms with Gasteiger partial charge < -0.3 is 25.0 Å². The van der Waals surface area contributed by atoms with Crippen LogP contribution in [0.3, 0.4) is 0 Å². The average Bonchev–Trinajstić information content (AvgIpc) is 3.50. The Bertz CT molecular complexity index is 711. The molecule has 4 rings (SSSR count). The molecule has 1 aliphatic carbocycles. The maximum absolute atomic E-state index is 12.7. The summed E-state index contributed by atoms with van der Waals surface area (Å²) in [5.41, 5.74) is 1.01. The predicted octanol–water partition coefficient (Wildman–Crippen LogP) is 2.37. The summed E-state index contributed by atoms with van der Waals surface area (Å²) in [4.78, 5) is 26.4. The van der Waals surface area contributed by atoms with Crippen molar-refractivity contribution in [3.05, 3.63) is 29.8 Å². The van der Waals surface area contributed by atoms with Crippen molar-refractivity contribution in [1.82, 2.24) is 15.5 Å². The first-order valence-corrected chi connectivity index (χ1v) is 10.2. The zero-order chi connectivity index (χ0) is 19.6. The van der Waals surface area contributed by atoms with Crippen LogP contribution in [0.4, 0.5) is 4.79 Å². The van der Waals surface area contributed by atoms with Gasteiger partial charge in [-0.1, -0.05) is 12.1 Å². The maximum atomic E-state index is 12.7. The SMILES string of the molecule is CC(NC(=O)N1CCC12CCOCC2)c1ccc(OCC(=O)NC2CC2)cc1. The minimum absolute atomic E-state index is 0.000784. The fraction of sp³-hybridized carbons (Fsp3) is 0.619. The molecule has 3 amide bonds. The van der Waals surface area contributed by atoms with Gasteiger partial charge in [0.2, 0.25) is 0 Å². The van der Waals surface area contributed by atoms with Crippen molar-refractivity contribution in [2.24, 2.45) is 0 Å². The zero-order valence-electron chi connectivity index (χ0n) is 16.4. The molecule has 2 aliphatic heterocycles. The molecule has 1 aromatic rings. The highest BCUT2D eigenvalue weighted by molar-refractivity contribution is 5.78. The van der Waals surface area contributed by atoms with E-state index in [1.165, 1.54) is 0 Å². The third-order valence-corrected chi connectivity index (χ3v) is 6.07. The Morgan fingerprint density at radius 2 is 1.93 bits per heavy atom. The number of nitrogens with zero attached hydrogens (tertiary/aromatic N) is 1. The van der Waals surface area contributed by atoms with Gasteiger partial charge in [0.1, 0.15) is 5.75 Å². The molecule has 7 nitrogen and oxygen atoms in total. The van der Waals surface area contributed by atoms with E-state index in [-0.39, 0.29) is 30.1 Å². The van der Waals surface area contributed by atoms with Crippen LogP contribution >= 0.6 is 0 Å². The highest BCUT2D eigenvalue weighted by atomic mass is 16.5. The summed E-state index contributed by atoms with van der Waals surface area (Å²) < 4.78 is 11.0. The Morgan fingerprint density at radius 1 is 1.21 bits per heavy atom. The minimum Gasteiger partial charge on any atom is -0.484 e. The molecule has 152 valence electrons. The van der Waals surface area contributed by atoms with Crippen molar-refractivity contribution in [2.45, 2.75) is 56.7 Å². The third kappa shape index (κ3) is 4.24. The lowest BCUT2D eigenvalue weighted by Gasteiger charge is -2.54. The van der Waals surface area contributed by atoms with Gasteiger partial charge in [0, 0.05) is 25.8 Å². The molecule has 0 bridgehead atoms. The number of hydrogen-bond acceptors (Lipinski definition) is 4. The number of ether oxygens (including phenoxy) is 2. The van der Waals surface area contributed by atoms with Crippen molar-refractivity contribution in [1.29, 1.82) is 0 Å². The van der Waals surface area contributed by atoms with Crippen LogP contribution in [0.25, 0.3) is 0 Å². The van der Waals surface area contributed by atoms with Crippen molar-refractivity contribution in [3.63, 3.8) is 0 Å². The first-order valence-electron chi connectivity index (χ1n) is 10.2. The van der Waals surface area contributed by atoms with Crippen LogP contribution in [0.1, 0.15) is 50.6 Å². The van der Waals surface area contributed by atoms with Gasteiger partial charge in [-0.3, -0.25) is 4.79 Å². The average molecular weight is 387 g/mol. The van der Waals surface area contributed by atoms with E-state index in [1.807, 2.05) is 36.1 Å². The molecular weight excluding hydrogens is 358 g/mol. The lowest BCUT2D eigenvalue weighted by molar-refractivity contribution is -0.123.